The second-order valence-electron chi connectivity index (χ2n) is 5.93. The van der Waals surface area contributed by atoms with E-state index < -0.39 is 0 Å². The van der Waals surface area contributed by atoms with Crippen LogP contribution in [0.25, 0.3) is 5.69 Å². The molecule has 2 N–H and O–H groups in total. The first-order valence-electron chi connectivity index (χ1n) is 8.26. The molecule has 5 nitrogen and oxygen atoms in total. The van der Waals surface area contributed by atoms with Gasteiger partial charge in [-0.05, 0) is 49.9 Å². The van der Waals surface area contributed by atoms with Crippen LogP contribution in [-0.4, -0.2) is 33.9 Å². The lowest BCUT2D eigenvalue weighted by molar-refractivity contribution is 0.0942. The molecule has 1 atom stereocenters. The molecule has 1 unspecified atom stereocenters. The van der Waals surface area contributed by atoms with Gasteiger partial charge in [0.05, 0.1) is 16.9 Å². The summed E-state index contributed by atoms with van der Waals surface area (Å²) in [6, 6.07) is 7.29. The van der Waals surface area contributed by atoms with Gasteiger partial charge >= 0.3 is 0 Å². The van der Waals surface area contributed by atoms with Crippen molar-refractivity contribution in [1.82, 2.24) is 15.1 Å². The van der Waals surface area contributed by atoms with Crippen LogP contribution >= 0.6 is 11.6 Å². The topological polar surface area (TPSA) is 67.2 Å². The van der Waals surface area contributed by atoms with E-state index in [1.807, 2.05) is 19.1 Å². The van der Waals surface area contributed by atoms with E-state index in [2.05, 4.69) is 17.3 Å². The van der Waals surface area contributed by atoms with Crippen LogP contribution in [0.2, 0.25) is 5.02 Å². The highest BCUT2D eigenvalue weighted by molar-refractivity contribution is 6.30. The standard InChI is InChI=1S/C18H24ClN3O2/c1-3-4-14(9-10-23)11-20-18(24)17-12-22(21-13(17)2)16-7-5-15(19)6-8-16/h5-8,12,14,23H,3-4,9-11H2,1-2H3,(H,20,24). The molecule has 1 heterocycles. The van der Waals surface area contributed by atoms with E-state index in [1.54, 1.807) is 23.0 Å². The first kappa shape index (κ1) is 18.5. The van der Waals surface area contributed by atoms with Crippen molar-refractivity contribution in [1.29, 1.82) is 0 Å². The summed E-state index contributed by atoms with van der Waals surface area (Å²) in [5, 5.41) is 17.1. The van der Waals surface area contributed by atoms with Gasteiger partial charge in [-0.25, -0.2) is 4.68 Å². The minimum absolute atomic E-state index is 0.133. The van der Waals surface area contributed by atoms with Gasteiger partial charge < -0.3 is 10.4 Å². The van der Waals surface area contributed by atoms with Gasteiger partial charge in [0.25, 0.3) is 5.91 Å². The highest BCUT2D eigenvalue weighted by Crippen LogP contribution is 2.16. The van der Waals surface area contributed by atoms with Gasteiger partial charge in [-0.2, -0.15) is 5.10 Å². The largest absolute Gasteiger partial charge is 0.396 e. The lowest BCUT2D eigenvalue weighted by Gasteiger charge is -2.15. The van der Waals surface area contributed by atoms with Crippen LogP contribution in [0.3, 0.4) is 0 Å². The molecule has 1 amide bonds. The van der Waals surface area contributed by atoms with E-state index in [0.29, 0.717) is 35.2 Å². The molecule has 0 fully saturated rings. The third-order valence-electron chi connectivity index (χ3n) is 4.02. The summed E-state index contributed by atoms with van der Waals surface area (Å²) in [5.41, 5.74) is 2.09. The van der Waals surface area contributed by atoms with E-state index >= 15 is 0 Å². The monoisotopic (exact) mass is 349 g/mol. The minimum Gasteiger partial charge on any atom is -0.396 e. The number of amides is 1. The smallest absolute Gasteiger partial charge is 0.254 e. The van der Waals surface area contributed by atoms with Crippen molar-refractivity contribution < 1.29 is 9.90 Å². The number of halogens is 1. The van der Waals surface area contributed by atoms with Gasteiger partial charge in [0.1, 0.15) is 0 Å². The number of hydrogen-bond donors (Lipinski definition) is 2. The molecule has 6 heteroatoms. The SMILES string of the molecule is CCCC(CCO)CNC(=O)c1cn(-c2ccc(Cl)cc2)nc1C. The number of aryl methyl sites for hydroxylation is 1. The number of hydrogen-bond acceptors (Lipinski definition) is 3. The Morgan fingerprint density at radius 2 is 2.04 bits per heavy atom. The molecule has 2 aromatic rings. The van der Waals surface area contributed by atoms with Gasteiger partial charge in [-0.15, -0.1) is 0 Å². The predicted molar refractivity (Wildman–Crippen MR) is 95.7 cm³/mol. The number of carbonyl (C=O) groups is 1. The van der Waals surface area contributed by atoms with E-state index in [0.717, 1.165) is 18.5 Å². The molecule has 130 valence electrons. The summed E-state index contributed by atoms with van der Waals surface area (Å²) in [4.78, 5) is 12.4. The molecular formula is C18H24ClN3O2. The summed E-state index contributed by atoms with van der Waals surface area (Å²) in [7, 11) is 0. The highest BCUT2D eigenvalue weighted by Gasteiger charge is 2.16. The maximum Gasteiger partial charge on any atom is 0.254 e. The number of rotatable bonds is 8. The molecule has 1 aromatic carbocycles. The molecule has 24 heavy (non-hydrogen) atoms. The second-order valence-corrected chi connectivity index (χ2v) is 6.36. The van der Waals surface area contributed by atoms with Crippen LogP contribution in [0.5, 0.6) is 0 Å². The third-order valence-corrected chi connectivity index (χ3v) is 4.27. The van der Waals surface area contributed by atoms with Crippen LogP contribution < -0.4 is 5.32 Å². The quantitative estimate of drug-likeness (QED) is 0.767. The average Bonchev–Trinajstić information content (AvgIpc) is 2.95. The molecule has 1 aromatic heterocycles. The Labute approximate surface area is 147 Å². The molecule has 0 aliphatic rings. The van der Waals surface area contributed by atoms with Gasteiger partial charge in [-0.1, -0.05) is 24.9 Å². The molecule has 0 radical (unpaired) electrons. The fraction of sp³-hybridized carbons (Fsp3) is 0.444. The second kappa shape index (κ2) is 8.85. The van der Waals surface area contributed by atoms with E-state index in [1.165, 1.54) is 0 Å². The summed E-state index contributed by atoms with van der Waals surface area (Å²) in [5.74, 6) is 0.169. The zero-order valence-corrected chi connectivity index (χ0v) is 14.9. The van der Waals surface area contributed by atoms with Crippen LogP contribution in [0, 0.1) is 12.8 Å². The fourth-order valence-electron chi connectivity index (χ4n) is 2.68. The Bertz CT molecular complexity index is 661. The van der Waals surface area contributed by atoms with Crippen LogP contribution in [0.1, 0.15) is 42.2 Å². The summed E-state index contributed by atoms with van der Waals surface area (Å²) < 4.78 is 1.68. The summed E-state index contributed by atoms with van der Waals surface area (Å²) in [6.07, 6.45) is 4.46. The van der Waals surface area contributed by atoms with Crippen molar-refractivity contribution in [2.24, 2.45) is 5.92 Å². The van der Waals surface area contributed by atoms with Gasteiger partial charge in [0, 0.05) is 24.4 Å². The number of benzene rings is 1. The zero-order valence-electron chi connectivity index (χ0n) is 14.1. The lowest BCUT2D eigenvalue weighted by atomic mass is 10.00. The number of aliphatic hydroxyl groups excluding tert-OH is 1. The van der Waals surface area contributed by atoms with E-state index in [4.69, 9.17) is 16.7 Å². The average molecular weight is 350 g/mol. The third kappa shape index (κ3) is 4.82. The molecule has 0 saturated carbocycles. The highest BCUT2D eigenvalue weighted by atomic mass is 35.5. The van der Waals surface area contributed by atoms with Crippen LogP contribution in [-0.2, 0) is 0 Å². The Morgan fingerprint density at radius 3 is 2.67 bits per heavy atom. The maximum absolute atomic E-state index is 12.4. The first-order chi connectivity index (χ1) is 11.5. The number of carbonyl (C=O) groups excluding carboxylic acids is 1. The zero-order chi connectivity index (χ0) is 17.5. The Hall–Kier alpha value is -1.85. The normalized spacial score (nSPS) is 12.2. The predicted octanol–water partition coefficient (Wildman–Crippen LogP) is 3.36. The molecular weight excluding hydrogens is 326 g/mol. The summed E-state index contributed by atoms with van der Waals surface area (Å²) in [6.45, 7) is 4.64. The number of aliphatic hydroxyl groups is 1. The fourth-order valence-corrected chi connectivity index (χ4v) is 2.81. The molecule has 0 aliphatic heterocycles. The van der Waals surface area contributed by atoms with Crippen molar-refractivity contribution >= 4 is 17.5 Å². The minimum atomic E-state index is -0.133. The maximum atomic E-state index is 12.4. The van der Waals surface area contributed by atoms with E-state index in [-0.39, 0.29) is 12.5 Å². The van der Waals surface area contributed by atoms with E-state index in [9.17, 15) is 4.79 Å². The first-order valence-corrected chi connectivity index (χ1v) is 8.64. The summed E-state index contributed by atoms with van der Waals surface area (Å²) >= 11 is 5.90. The van der Waals surface area contributed by atoms with Gasteiger partial charge in [0.15, 0.2) is 0 Å². The molecule has 0 saturated heterocycles. The van der Waals surface area contributed by atoms with Crippen molar-refractivity contribution in [3.05, 3.63) is 46.7 Å². The van der Waals surface area contributed by atoms with Crippen LogP contribution in [0.15, 0.2) is 30.5 Å². The Morgan fingerprint density at radius 1 is 1.33 bits per heavy atom. The molecule has 0 spiro atoms. The van der Waals surface area contributed by atoms with Gasteiger partial charge in [-0.3, -0.25) is 4.79 Å². The number of aromatic nitrogens is 2. The lowest BCUT2D eigenvalue weighted by Crippen LogP contribution is -2.30. The van der Waals surface area contributed by atoms with Crippen molar-refractivity contribution in [3.63, 3.8) is 0 Å². The Kier molecular flexibility index (Phi) is 6.82. The molecule has 2 rings (SSSR count). The molecule has 0 bridgehead atoms. The van der Waals surface area contributed by atoms with Crippen molar-refractivity contribution in [3.8, 4) is 5.69 Å². The number of nitrogens with one attached hydrogen (secondary N) is 1. The molecule has 0 aliphatic carbocycles. The number of nitrogens with zero attached hydrogens (tertiary/aromatic N) is 2. The van der Waals surface area contributed by atoms with Crippen molar-refractivity contribution in [2.75, 3.05) is 13.2 Å². The Balaban J connectivity index is 2.06. The van der Waals surface area contributed by atoms with Crippen LogP contribution in [0.4, 0.5) is 0 Å². The van der Waals surface area contributed by atoms with Gasteiger partial charge in [0.2, 0.25) is 0 Å². The van der Waals surface area contributed by atoms with Crippen molar-refractivity contribution in [2.45, 2.75) is 33.1 Å².